The highest BCUT2D eigenvalue weighted by Crippen LogP contribution is 2.22. The lowest BCUT2D eigenvalue weighted by Gasteiger charge is -2.31. The lowest BCUT2D eigenvalue weighted by molar-refractivity contribution is 0.0854. The van der Waals surface area contributed by atoms with Crippen molar-refractivity contribution in [3.05, 3.63) is 58.3 Å². The van der Waals surface area contributed by atoms with Gasteiger partial charge in [0.2, 0.25) is 0 Å². The molecule has 0 aliphatic carbocycles. The average molecular weight is 328 g/mol. The van der Waals surface area contributed by atoms with E-state index in [0.29, 0.717) is 19.6 Å². The zero-order valence-electron chi connectivity index (χ0n) is 12.9. The summed E-state index contributed by atoms with van der Waals surface area (Å²) in [4.78, 5) is 27.6. The number of hydrogen-bond donors (Lipinski definition) is 1. The third kappa shape index (κ3) is 3.99. The van der Waals surface area contributed by atoms with E-state index in [2.05, 4.69) is 5.32 Å². The fraction of sp³-hybridized carbons (Fsp3) is 0.333. The molecule has 2 heterocycles. The fourth-order valence-electron chi connectivity index (χ4n) is 2.87. The number of ketones is 1. The predicted octanol–water partition coefficient (Wildman–Crippen LogP) is 3.55. The molecule has 0 unspecified atom stereocenters. The van der Waals surface area contributed by atoms with E-state index in [-0.39, 0.29) is 17.7 Å². The average Bonchev–Trinajstić information content (AvgIpc) is 3.13. The molecule has 1 aromatic carbocycles. The Morgan fingerprint density at radius 1 is 1.09 bits per heavy atom. The van der Waals surface area contributed by atoms with Crippen LogP contribution in [0.15, 0.2) is 47.8 Å². The second-order valence-electron chi connectivity index (χ2n) is 5.73. The van der Waals surface area contributed by atoms with Crippen molar-refractivity contribution in [2.24, 2.45) is 5.92 Å². The van der Waals surface area contributed by atoms with Crippen molar-refractivity contribution in [3.8, 4) is 0 Å². The molecule has 1 saturated heterocycles. The molecule has 3 rings (SSSR count). The van der Waals surface area contributed by atoms with Gasteiger partial charge in [-0.3, -0.25) is 4.79 Å². The van der Waals surface area contributed by atoms with E-state index in [1.165, 1.54) is 0 Å². The Morgan fingerprint density at radius 2 is 1.83 bits per heavy atom. The van der Waals surface area contributed by atoms with E-state index in [1.807, 2.05) is 52.7 Å². The first-order chi connectivity index (χ1) is 11.2. The predicted molar refractivity (Wildman–Crippen MR) is 91.6 cm³/mol. The molecule has 2 aromatic rings. The van der Waals surface area contributed by atoms with Crippen molar-refractivity contribution >= 4 is 23.2 Å². The molecule has 120 valence electrons. The molecule has 2 amide bonds. The van der Waals surface area contributed by atoms with Crippen molar-refractivity contribution in [1.82, 2.24) is 10.2 Å². The first-order valence-corrected chi connectivity index (χ1v) is 8.76. The van der Waals surface area contributed by atoms with Crippen LogP contribution in [0.1, 0.15) is 28.1 Å². The van der Waals surface area contributed by atoms with Crippen LogP contribution in [0.4, 0.5) is 4.79 Å². The normalized spacial score (nSPS) is 15.4. The Labute approximate surface area is 140 Å². The number of benzene rings is 1. The molecule has 0 spiro atoms. The molecule has 0 saturated carbocycles. The number of piperidine rings is 1. The molecule has 23 heavy (non-hydrogen) atoms. The Balaban J connectivity index is 1.48. The third-order valence-electron chi connectivity index (χ3n) is 4.21. The van der Waals surface area contributed by atoms with Crippen molar-refractivity contribution in [2.75, 3.05) is 13.1 Å². The van der Waals surface area contributed by atoms with Crippen LogP contribution < -0.4 is 5.32 Å². The molecule has 1 aliphatic heterocycles. The third-order valence-corrected chi connectivity index (χ3v) is 5.08. The van der Waals surface area contributed by atoms with Crippen LogP contribution in [0, 0.1) is 5.92 Å². The molecule has 0 radical (unpaired) electrons. The van der Waals surface area contributed by atoms with Gasteiger partial charge in [0.1, 0.15) is 0 Å². The van der Waals surface area contributed by atoms with E-state index in [1.54, 1.807) is 11.3 Å². The van der Waals surface area contributed by atoms with Gasteiger partial charge in [-0.25, -0.2) is 4.79 Å². The number of thiophene rings is 1. The molecule has 0 bridgehead atoms. The van der Waals surface area contributed by atoms with Gasteiger partial charge in [-0.05, 0) is 24.3 Å². The number of amides is 2. The largest absolute Gasteiger partial charge is 0.333 e. The lowest BCUT2D eigenvalue weighted by Crippen LogP contribution is -2.45. The van der Waals surface area contributed by atoms with Gasteiger partial charge in [-0.1, -0.05) is 36.4 Å². The summed E-state index contributed by atoms with van der Waals surface area (Å²) in [5, 5.41) is 4.95. The smallest absolute Gasteiger partial charge is 0.317 e. The summed E-state index contributed by atoms with van der Waals surface area (Å²) >= 11 is 1.64. The first-order valence-electron chi connectivity index (χ1n) is 7.88. The molecule has 0 atom stereocenters. The Morgan fingerprint density at radius 3 is 2.48 bits per heavy atom. The number of Topliss-reactive ketones (excluding diaryl/α,β-unsaturated/α-hetero) is 1. The van der Waals surface area contributed by atoms with Gasteiger partial charge in [0, 0.05) is 29.4 Å². The first kappa shape index (κ1) is 15.7. The number of nitrogens with one attached hydrogen (secondary N) is 1. The topological polar surface area (TPSA) is 49.4 Å². The van der Waals surface area contributed by atoms with Gasteiger partial charge in [0.25, 0.3) is 0 Å². The van der Waals surface area contributed by atoms with Crippen molar-refractivity contribution in [3.63, 3.8) is 0 Å². The number of likely N-dealkylation sites (tertiary alicyclic amines) is 1. The van der Waals surface area contributed by atoms with E-state index in [0.717, 1.165) is 23.3 Å². The van der Waals surface area contributed by atoms with Gasteiger partial charge < -0.3 is 10.2 Å². The second kappa shape index (κ2) is 7.42. The summed E-state index contributed by atoms with van der Waals surface area (Å²) in [5.41, 5.74) is 0.771. The molecule has 1 N–H and O–H groups in total. The minimum atomic E-state index is -0.0380. The fourth-order valence-corrected chi connectivity index (χ4v) is 3.52. The summed E-state index contributed by atoms with van der Waals surface area (Å²) < 4.78 is 0. The van der Waals surface area contributed by atoms with Crippen molar-refractivity contribution < 1.29 is 9.59 Å². The Hall–Kier alpha value is -2.14. The number of urea groups is 1. The number of hydrogen-bond acceptors (Lipinski definition) is 3. The maximum absolute atomic E-state index is 12.4. The van der Waals surface area contributed by atoms with E-state index in [9.17, 15) is 9.59 Å². The molecular weight excluding hydrogens is 308 g/mol. The number of carbonyl (C=O) groups is 2. The summed E-state index contributed by atoms with van der Waals surface area (Å²) in [5.74, 6) is 0.225. The quantitative estimate of drug-likeness (QED) is 0.873. The van der Waals surface area contributed by atoms with Gasteiger partial charge in [-0.15, -0.1) is 11.3 Å². The van der Waals surface area contributed by atoms with Crippen molar-refractivity contribution in [2.45, 2.75) is 19.4 Å². The minimum Gasteiger partial charge on any atom is -0.333 e. The maximum Gasteiger partial charge on any atom is 0.317 e. The zero-order valence-corrected chi connectivity index (χ0v) is 13.7. The SMILES string of the molecule is O=C(c1ccccc1)C1CCN(C(=O)NCc2cccs2)CC1. The number of carbonyl (C=O) groups excluding carboxylic acids is 2. The van der Waals surface area contributed by atoms with Crippen LogP contribution >= 0.6 is 11.3 Å². The van der Waals surface area contributed by atoms with Gasteiger partial charge in [-0.2, -0.15) is 0 Å². The van der Waals surface area contributed by atoms with Crippen LogP contribution in [0.25, 0.3) is 0 Å². The highest BCUT2D eigenvalue weighted by Gasteiger charge is 2.27. The summed E-state index contributed by atoms with van der Waals surface area (Å²) in [7, 11) is 0. The number of nitrogens with zero attached hydrogens (tertiary/aromatic N) is 1. The standard InChI is InChI=1S/C18H20N2O2S/c21-17(14-5-2-1-3-6-14)15-8-10-20(11-9-15)18(22)19-13-16-7-4-12-23-16/h1-7,12,15H,8-11,13H2,(H,19,22). The minimum absolute atomic E-state index is 0.0266. The van der Waals surface area contributed by atoms with Gasteiger partial charge in [0.15, 0.2) is 5.78 Å². The summed E-state index contributed by atoms with van der Waals surface area (Å²) in [6, 6.07) is 13.4. The highest BCUT2D eigenvalue weighted by molar-refractivity contribution is 7.09. The maximum atomic E-state index is 12.4. The second-order valence-corrected chi connectivity index (χ2v) is 6.76. The van der Waals surface area contributed by atoms with Crippen molar-refractivity contribution in [1.29, 1.82) is 0 Å². The highest BCUT2D eigenvalue weighted by atomic mass is 32.1. The van der Waals surface area contributed by atoms with Gasteiger partial charge in [0.05, 0.1) is 6.54 Å². The Kier molecular flexibility index (Phi) is 5.08. The van der Waals surface area contributed by atoms with E-state index < -0.39 is 0 Å². The van der Waals surface area contributed by atoms with Crippen LogP contribution in [0.3, 0.4) is 0 Å². The number of rotatable bonds is 4. The molecule has 5 heteroatoms. The molecule has 1 aliphatic rings. The molecule has 1 fully saturated rings. The summed E-state index contributed by atoms with van der Waals surface area (Å²) in [6.07, 6.45) is 1.47. The van der Waals surface area contributed by atoms with Crippen LogP contribution in [-0.2, 0) is 6.54 Å². The van der Waals surface area contributed by atoms with E-state index in [4.69, 9.17) is 0 Å². The lowest BCUT2D eigenvalue weighted by atomic mass is 9.89. The monoisotopic (exact) mass is 328 g/mol. The van der Waals surface area contributed by atoms with Crippen LogP contribution in [0.5, 0.6) is 0 Å². The van der Waals surface area contributed by atoms with Crippen LogP contribution in [0.2, 0.25) is 0 Å². The zero-order chi connectivity index (χ0) is 16.1. The van der Waals surface area contributed by atoms with Gasteiger partial charge >= 0.3 is 6.03 Å². The Bertz CT molecular complexity index is 647. The van der Waals surface area contributed by atoms with E-state index >= 15 is 0 Å². The summed E-state index contributed by atoms with van der Waals surface area (Å²) in [6.45, 7) is 1.85. The van der Waals surface area contributed by atoms with Crippen LogP contribution in [-0.4, -0.2) is 29.8 Å². The molecule has 1 aromatic heterocycles. The molecular formula is C18H20N2O2S. The molecule has 4 nitrogen and oxygen atoms in total.